The maximum atomic E-state index is 12.1. The highest BCUT2D eigenvalue weighted by Gasteiger charge is 2.28. The summed E-state index contributed by atoms with van der Waals surface area (Å²) >= 11 is 0. The maximum Gasteiger partial charge on any atom is 0.149 e. The first kappa shape index (κ1) is 13.0. The minimum absolute atomic E-state index is 0.247. The molecule has 2 rings (SSSR count). The van der Waals surface area contributed by atoms with Crippen molar-refractivity contribution in [3.63, 3.8) is 0 Å². The first-order chi connectivity index (χ1) is 8.16. The molecule has 0 aromatic rings. The summed E-state index contributed by atoms with van der Waals surface area (Å²) in [6, 6.07) is 0. The van der Waals surface area contributed by atoms with Crippen LogP contribution in [0.5, 0.6) is 0 Å². The lowest BCUT2D eigenvalue weighted by molar-refractivity contribution is -0.126. The summed E-state index contributed by atoms with van der Waals surface area (Å²) in [5, 5.41) is 9.82. The molecule has 1 saturated carbocycles. The van der Waals surface area contributed by atoms with Gasteiger partial charge in [-0.15, -0.1) is 0 Å². The van der Waals surface area contributed by atoms with Crippen molar-refractivity contribution in [2.75, 3.05) is 19.6 Å². The van der Waals surface area contributed by atoms with Gasteiger partial charge in [0.15, 0.2) is 0 Å². The Hall–Kier alpha value is -0.410. The Kier molecular flexibility index (Phi) is 4.57. The molecule has 0 spiro atoms. The average molecular weight is 239 g/mol. The van der Waals surface area contributed by atoms with E-state index >= 15 is 0 Å². The van der Waals surface area contributed by atoms with E-state index in [2.05, 4.69) is 11.8 Å². The summed E-state index contributed by atoms with van der Waals surface area (Å²) in [5.74, 6) is 1.10. The molecule has 1 aliphatic heterocycles. The number of ketones is 1. The van der Waals surface area contributed by atoms with E-state index in [-0.39, 0.29) is 6.10 Å². The van der Waals surface area contributed by atoms with Crippen molar-refractivity contribution in [3.05, 3.63) is 0 Å². The van der Waals surface area contributed by atoms with E-state index in [4.69, 9.17) is 0 Å². The van der Waals surface area contributed by atoms with Crippen LogP contribution in [0.2, 0.25) is 0 Å². The number of Topliss-reactive ketones (excluding diaryl/α,β-unsaturated/α-hetero) is 1. The topological polar surface area (TPSA) is 40.5 Å². The van der Waals surface area contributed by atoms with E-state index in [0.29, 0.717) is 30.7 Å². The lowest BCUT2D eigenvalue weighted by atomic mass is 9.85. The number of aliphatic hydroxyl groups is 1. The normalized spacial score (nSPS) is 32.6. The van der Waals surface area contributed by atoms with Crippen molar-refractivity contribution in [1.29, 1.82) is 0 Å². The summed E-state index contributed by atoms with van der Waals surface area (Å²) in [5.41, 5.74) is 0. The van der Waals surface area contributed by atoms with Gasteiger partial charge in [0.1, 0.15) is 5.78 Å². The van der Waals surface area contributed by atoms with Gasteiger partial charge in [-0.25, -0.2) is 0 Å². The number of aliphatic hydroxyl groups excluding tert-OH is 1. The van der Waals surface area contributed by atoms with Gasteiger partial charge < -0.3 is 5.11 Å². The van der Waals surface area contributed by atoms with E-state index in [1.54, 1.807) is 0 Å². The molecule has 2 unspecified atom stereocenters. The monoisotopic (exact) mass is 239 g/mol. The zero-order chi connectivity index (χ0) is 12.3. The van der Waals surface area contributed by atoms with E-state index in [1.807, 2.05) is 0 Å². The SMILES string of the molecule is CC1CCN(CC(=O)C2CCCCC2)CC1O. The highest BCUT2D eigenvalue weighted by atomic mass is 16.3. The first-order valence-electron chi connectivity index (χ1n) is 7.10. The summed E-state index contributed by atoms with van der Waals surface area (Å²) in [6.45, 7) is 4.30. The zero-order valence-electron chi connectivity index (χ0n) is 10.9. The number of β-amino-alcohol motifs (C(OH)–C–C–N with tert-alkyl or cyclic N) is 1. The van der Waals surface area contributed by atoms with E-state index < -0.39 is 0 Å². The molecule has 1 N–H and O–H groups in total. The van der Waals surface area contributed by atoms with Crippen molar-refractivity contribution in [2.45, 2.75) is 51.6 Å². The fourth-order valence-corrected chi connectivity index (χ4v) is 3.03. The van der Waals surface area contributed by atoms with Crippen LogP contribution in [0.4, 0.5) is 0 Å². The van der Waals surface area contributed by atoms with Gasteiger partial charge in [0, 0.05) is 12.5 Å². The van der Waals surface area contributed by atoms with Crippen molar-refractivity contribution in [3.8, 4) is 0 Å². The maximum absolute atomic E-state index is 12.1. The number of nitrogens with zero attached hydrogens (tertiary/aromatic N) is 1. The van der Waals surface area contributed by atoms with Crippen LogP contribution in [0.1, 0.15) is 45.4 Å². The molecule has 1 saturated heterocycles. The van der Waals surface area contributed by atoms with Crippen LogP contribution in [0, 0.1) is 11.8 Å². The van der Waals surface area contributed by atoms with Gasteiger partial charge in [-0.3, -0.25) is 9.69 Å². The fourth-order valence-electron chi connectivity index (χ4n) is 3.03. The number of carbonyl (C=O) groups is 1. The van der Waals surface area contributed by atoms with Crippen LogP contribution < -0.4 is 0 Å². The number of carbonyl (C=O) groups excluding carboxylic acids is 1. The predicted octanol–water partition coefficient (Wildman–Crippen LogP) is 1.84. The van der Waals surface area contributed by atoms with Gasteiger partial charge in [0.2, 0.25) is 0 Å². The molecule has 2 fully saturated rings. The molecule has 0 aromatic heterocycles. The molecule has 1 heterocycles. The lowest BCUT2D eigenvalue weighted by Crippen LogP contribution is -2.45. The minimum atomic E-state index is -0.247. The molecule has 0 radical (unpaired) electrons. The van der Waals surface area contributed by atoms with Crippen molar-refractivity contribution >= 4 is 5.78 Å². The summed E-state index contributed by atoms with van der Waals surface area (Å²) in [6.07, 6.45) is 6.68. The van der Waals surface area contributed by atoms with E-state index in [1.165, 1.54) is 19.3 Å². The molecular formula is C14H25NO2. The van der Waals surface area contributed by atoms with Crippen LogP contribution >= 0.6 is 0 Å². The minimum Gasteiger partial charge on any atom is -0.392 e. The molecule has 3 nitrogen and oxygen atoms in total. The number of hydrogen-bond acceptors (Lipinski definition) is 3. The zero-order valence-corrected chi connectivity index (χ0v) is 10.9. The second-order valence-electron chi connectivity index (χ2n) is 5.87. The standard InChI is InChI=1S/C14H25NO2/c1-11-7-8-15(9-13(11)16)10-14(17)12-5-3-2-4-6-12/h11-13,16H,2-10H2,1H3. The van der Waals surface area contributed by atoms with Crippen molar-refractivity contribution in [1.82, 2.24) is 4.90 Å². The molecule has 0 aromatic carbocycles. The third-order valence-corrected chi connectivity index (χ3v) is 4.44. The highest BCUT2D eigenvalue weighted by Crippen LogP contribution is 2.25. The molecular weight excluding hydrogens is 214 g/mol. The molecule has 2 aliphatic rings. The lowest BCUT2D eigenvalue weighted by Gasteiger charge is -2.34. The molecule has 0 amide bonds. The van der Waals surface area contributed by atoms with Crippen LogP contribution in [0.25, 0.3) is 0 Å². The second kappa shape index (κ2) is 5.96. The van der Waals surface area contributed by atoms with Gasteiger partial charge in [-0.1, -0.05) is 26.2 Å². The Morgan fingerprint density at radius 1 is 1.24 bits per heavy atom. The second-order valence-corrected chi connectivity index (χ2v) is 5.87. The van der Waals surface area contributed by atoms with Gasteiger partial charge >= 0.3 is 0 Å². The summed E-state index contributed by atoms with van der Waals surface area (Å²) in [4.78, 5) is 14.3. The number of hydrogen-bond donors (Lipinski definition) is 1. The largest absolute Gasteiger partial charge is 0.392 e. The van der Waals surface area contributed by atoms with Gasteiger partial charge in [0.05, 0.1) is 12.6 Å². The third-order valence-electron chi connectivity index (χ3n) is 4.44. The van der Waals surface area contributed by atoms with Crippen LogP contribution in [0.3, 0.4) is 0 Å². The van der Waals surface area contributed by atoms with Crippen molar-refractivity contribution < 1.29 is 9.90 Å². The Balaban J connectivity index is 1.78. The Morgan fingerprint density at radius 2 is 1.94 bits per heavy atom. The molecule has 2 atom stereocenters. The fraction of sp³-hybridized carbons (Fsp3) is 0.929. The summed E-state index contributed by atoms with van der Waals surface area (Å²) in [7, 11) is 0. The van der Waals surface area contributed by atoms with E-state index in [9.17, 15) is 9.90 Å². The van der Waals surface area contributed by atoms with Crippen LogP contribution in [-0.2, 0) is 4.79 Å². The summed E-state index contributed by atoms with van der Waals surface area (Å²) < 4.78 is 0. The molecule has 1 aliphatic carbocycles. The molecule has 0 bridgehead atoms. The Morgan fingerprint density at radius 3 is 2.59 bits per heavy atom. The van der Waals surface area contributed by atoms with Gasteiger partial charge in [-0.05, 0) is 31.7 Å². The number of rotatable bonds is 3. The smallest absolute Gasteiger partial charge is 0.149 e. The number of likely N-dealkylation sites (tertiary alicyclic amines) is 1. The number of piperidine rings is 1. The third kappa shape index (κ3) is 3.52. The molecule has 3 heteroatoms. The van der Waals surface area contributed by atoms with Crippen molar-refractivity contribution in [2.24, 2.45) is 11.8 Å². The van der Waals surface area contributed by atoms with Crippen LogP contribution in [-0.4, -0.2) is 41.5 Å². The van der Waals surface area contributed by atoms with Crippen LogP contribution in [0.15, 0.2) is 0 Å². The molecule has 17 heavy (non-hydrogen) atoms. The first-order valence-corrected chi connectivity index (χ1v) is 7.10. The average Bonchev–Trinajstić information content (AvgIpc) is 2.35. The van der Waals surface area contributed by atoms with Gasteiger partial charge in [0.25, 0.3) is 0 Å². The Labute approximate surface area is 104 Å². The quantitative estimate of drug-likeness (QED) is 0.817. The van der Waals surface area contributed by atoms with Gasteiger partial charge in [-0.2, -0.15) is 0 Å². The predicted molar refractivity (Wildman–Crippen MR) is 67.8 cm³/mol. The molecule has 98 valence electrons. The Bertz CT molecular complexity index is 261. The highest BCUT2D eigenvalue weighted by molar-refractivity contribution is 5.83. The van der Waals surface area contributed by atoms with E-state index in [0.717, 1.165) is 25.8 Å².